The van der Waals surface area contributed by atoms with E-state index in [0.717, 1.165) is 11.1 Å². The Hall–Kier alpha value is -2.21. The molecule has 4 heteroatoms. The monoisotopic (exact) mass is 340 g/mol. The zero-order valence-corrected chi connectivity index (χ0v) is 13.8. The number of hydrogen-bond donors (Lipinski definition) is 0. The average molecular weight is 341 g/mol. The number of nitrogens with zero attached hydrogens (tertiary/aromatic N) is 2. The zero-order chi connectivity index (χ0) is 16.3. The van der Waals surface area contributed by atoms with E-state index in [4.69, 9.17) is 29.6 Å². The number of aromatic nitrogens is 2. The van der Waals surface area contributed by atoms with Gasteiger partial charge in [0.25, 0.3) is 0 Å². The fourth-order valence-corrected chi connectivity index (χ4v) is 3.10. The Morgan fingerprint density at radius 2 is 1.48 bits per heavy atom. The van der Waals surface area contributed by atoms with Gasteiger partial charge in [-0.3, -0.25) is 0 Å². The molecule has 1 heterocycles. The van der Waals surface area contributed by atoms with Gasteiger partial charge in [0.15, 0.2) is 0 Å². The highest BCUT2D eigenvalue weighted by atomic mass is 35.5. The van der Waals surface area contributed by atoms with Gasteiger partial charge in [0.2, 0.25) is 0 Å². The van der Waals surface area contributed by atoms with E-state index in [1.807, 2.05) is 59.3 Å². The van der Waals surface area contributed by atoms with Crippen LogP contribution < -0.4 is 0 Å². The van der Waals surface area contributed by atoms with Gasteiger partial charge in [-0.2, -0.15) is 0 Å². The molecule has 0 N–H and O–H groups in total. The van der Waals surface area contributed by atoms with Gasteiger partial charge in [0, 0.05) is 28.9 Å². The molecule has 23 heavy (non-hydrogen) atoms. The zero-order valence-electron chi connectivity index (χ0n) is 12.3. The van der Waals surface area contributed by atoms with Crippen LogP contribution in [0, 0.1) is 12.3 Å². The summed E-state index contributed by atoms with van der Waals surface area (Å²) in [4.78, 5) is 4.20. The van der Waals surface area contributed by atoms with E-state index in [1.165, 1.54) is 0 Å². The van der Waals surface area contributed by atoms with Crippen LogP contribution in [-0.4, -0.2) is 9.55 Å². The third-order valence-corrected chi connectivity index (χ3v) is 4.45. The molecule has 0 amide bonds. The Balaban J connectivity index is 2.29. The first-order valence-electron chi connectivity index (χ1n) is 7.11. The number of terminal acetylenes is 1. The Morgan fingerprint density at radius 3 is 1.87 bits per heavy atom. The minimum absolute atomic E-state index is 0.479. The summed E-state index contributed by atoms with van der Waals surface area (Å²) in [6.07, 6.45) is 11.6. The molecule has 0 unspecified atom stereocenters. The first-order valence-corrected chi connectivity index (χ1v) is 7.86. The molecular weight excluding hydrogens is 327 g/mol. The summed E-state index contributed by atoms with van der Waals surface area (Å²) in [5, 5.41) is 1.37. The van der Waals surface area contributed by atoms with Gasteiger partial charge in [0.05, 0.1) is 6.33 Å². The van der Waals surface area contributed by atoms with Gasteiger partial charge in [-0.1, -0.05) is 47.5 Å². The smallest absolute Gasteiger partial charge is 0.107 e. The topological polar surface area (TPSA) is 17.8 Å². The third kappa shape index (κ3) is 2.86. The molecule has 2 nitrogen and oxygen atoms in total. The Kier molecular flexibility index (Phi) is 4.43. The van der Waals surface area contributed by atoms with Crippen molar-refractivity contribution in [1.82, 2.24) is 9.55 Å². The summed E-state index contributed by atoms with van der Waals surface area (Å²) in [6.45, 7) is 0. The lowest BCUT2D eigenvalue weighted by Gasteiger charge is -2.35. The molecule has 114 valence electrons. The molecule has 0 aliphatic carbocycles. The molecule has 0 saturated carbocycles. The number of rotatable bonds is 4. The normalized spacial score (nSPS) is 11.2. The van der Waals surface area contributed by atoms with Crippen molar-refractivity contribution in [3.05, 3.63) is 88.4 Å². The highest BCUT2D eigenvalue weighted by Gasteiger charge is 2.35. The molecule has 1 aromatic heterocycles. The van der Waals surface area contributed by atoms with E-state index >= 15 is 0 Å². The predicted octanol–water partition coefficient (Wildman–Crippen LogP) is 5.01. The summed E-state index contributed by atoms with van der Waals surface area (Å²) >= 11 is 12.1. The van der Waals surface area contributed by atoms with Crippen LogP contribution in [0.25, 0.3) is 0 Å². The number of halogens is 2. The molecule has 0 radical (unpaired) electrons. The van der Waals surface area contributed by atoms with Gasteiger partial charge < -0.3 is 4.57 Å². The summed E-state index contributed by atoms with van der Waals surface area (Å²) in [6, 6.07) is 15.5. The summed E-state index contributed by atoms with van der Waals surface area (Å²) in [7, 11) is 0. The van der Waals surface area contributed by atoms with Crippen molar-refractivity contribution in [1.29, 1.82) is 0 Å². The SMILES string of the molecule is C#CCC(c1ccc(Cl)cc1)(c1ccc(Cl)cc1)n1ccnc1. The molecule has 0 bridgehead atoms. The van der Waals surface area contributed by atoms with Crippen LogP contribution in [0.5, 0.6) is 0 Å². The van der Waals surface area contributed by atoms with Crippen LogP contribution in [0.3, 0.4) is 0 Å². The second-order valence-corrected chi connectivity index (χ2v) is 6.10. The van der Waals surface area contributed by atoms with E-state index in [1.54, 1.807) is 12.5 Å². The van der Waals surface area contributed by atoms with E-state index in [-0.39, 0.29) is 0 Å². The van der Waals surface area contributed by atoms with Gasteiger partial charge in [0.1, 0.15) is 5.54 Å². The first-order chi connectivity index (χ1) is 11.2. The maximum atomic E-state index is 6.05. The molecule has 0 aliphatic rings. The van der Waals surface area contributed by atoms with E-state index in [9.17, 15) is 0 Å². The van der Waals surface area contributed by atoms with Crippen LogP contribution in [0.15, 0.2) is 67.3 Å². The van der Waals surface area contributed by atoms with Crippen molar-refractivity contribution in [3.8, 4) is 12.3 Å². The number of imidazole rings is 1. The average Bonchev–Trinajstić information content (AvgIpc) is 3.09. The van der Waals surface area contributed by atoms with Crippen LogP contribution in [0.4, 0.5) is 0 Å². The molecule has 2 aromatic carbocycles. The lowest BCUT2D eigenvalue weighted by atomic mass is 9.80. The second-order valence-electron chi connectivity index (χ2n) is 5.22. The molecule has 3 rings (SSSR count). The maximum Gasteiger partial charge on any atom is 0.107 e. The Morgan fingerprint density at radius 1 is 0.957 bits per heavy atom. The number of hydrogen-bond acceptors (Lipinski definition) is 1. The van der Waals surface area contributed by atoms with Gasteiger partial charge in [-0.15, -0.1) is 12.3 Å². The molecule has 0 fully saturated rings. The van der Waals surface area contributed by atoms with Gasteiger partial charge in [-0.05, 0) is 35.4 Å². The van der Waals surface area contributed by atoms with Crippen molar-refractivity contribution in [2.45, 2.75) is 12.0 Å². The summed E-state index contributed by atoms with van der Waals surface area (Å²) in [5.41, 5.74) is 1.53. The van der Waals surface area contributed by atoms with Crippen LogP contribution >= 0.6 is 23.2 Å². The van der Waals surface area contributed by atoms with E-state index < -0.39 is 5.54 Å². The quantitative estimate of drug-likeness (QED) is 0.610. The summed E-state index contributed by atoms with van der Waals surface area (Å²) in [5.74, 6) is 2.81. The predicted molar refractivity (Wildman–Crippen MR) is 94.8 cm³/mol. The second kappa shape index (κ2) is 6.50. The minimum atomic E-state index is -0.555. The van der Waals surface area contributed by atoms with E-state index in [2.05, 4.69) is 10.9 Å². The minimum Gasteiger partial charge on any atom is -0.322 e. The van der Waals surface area contributed by atoms with Crippen molar-refractivity contribution < 1.29 is 0 Å². The highest BCUT2D eigenvalue weighted by Crippen LogP contribution is 2.38. The molecule has 0 spiro atoms. The fraction of sp³-hybridized carbons (Fsp3) is 0.105. The fourth-order valence-electron chi connectivity index (χ4n) is 2.84. The van der Waals surface area contributed by atoms with Crippen LogP contribution in [0.1, 0.15) is 17.5 Å². The molecule has 0 saturated heterocycles. The standard InChI is InChI=1S/C19H14Cl2N2/c1-2-11-19(23-13-12-22-14-23,15-3-7-17(20)8-4-15)16-5-9-18(21)10-6-16/h1,3-10,12-14H,11H2. The Labute approximate surface area is 145 Å². The third-order valence-electron chi connectivity index (χ3n) is 3.95. The summed E-state index contributed by atoms with van der Waals surface area (Å²) < 4.78 is 2.03. The van der Waals surface area contributed by atoms with E-state index in [0.29, 0.717) is 16.5 Å². The first kappa shape index (κ1) is 15.7. The lowest BCUT2D eigenvalue weighted by Crippen LogP contribution is -2.35. The largest absolute Gasteiger partial charge is 0.322 e. The van der Waals surface area contributed by atoms with Crippen molar-refractivity contribution in [3.63, 3.8) is 0 Å². The number of benzene rings is 2. The van der Waals surface area contributed by atoms with Crippen molar-refractivity contribution >= 4 is 23.2 Å². The van der Waals surface area contributed by atoms with Crippen molar-refractivity contribution in [2.24, 2.45) is 0 Å². The maximum absolute atomic E-state index is 6.05. The molecular formula is C19H14Cl2N2. The highest BCUT2D eigenvalue weighted by molar-refractivity contribution is 6.30. The molecule has 0 aliphatic heterocycles. The van der Waals surface area contributed by atoms with Gasteiger partial charge >= 0.3 is 0 Å². The molecule has 0 atom stereocenters. The lowest BCUT2D eigenvalue weighted by molar-refractivity contribution is 0.441. The van der Waals surface area contributed by atoms with Crippen molar-refractivity contribution in [2.75, 3.05) is 0 Å². The van der Waals surface area contributed by atoms with Gasteiger partial charge in [-0.25, -0.2) is 4.98 Å². The van der Waals surface area contributed by atoms with Crippen LogP contribution in [-0.2, 0) is 5.54 Å². The molecule has 3 aromatic rings. The van der Waals surface area contributed by atoms with Crippen LogP contribution in [0.2, 0.25) is 10.0 Å². The Bertz CT molecular complexity index is 768.